The van der Waals surface area contributed by atoms with Crippen LogP contribution in [0, 0.1) is 16.0 Å². The smallest absolute Gasteiger partial charge is 0.130 e. The van der Waals surface area contributed by atoms with E-state index in [1.807, 2.05) is 24.3 Å². The fourth-order valence-corrected chi connectivity index (χ4v) is 1.93. The predicted molar refractivity (Wildman–Crippen MR) is 78.3 cm³/mol. The summed E-state index contributed by atoms with van der Waals surface area (Å²) in [7, 11) is 0. The molecule has 1 aromatic carbocycles. The van der Waals surface area contributed by atoms with Gasteiger partial charge < -0.3 is 4.98 Å². The van der Waals surface area contributed by atoms with E-state index in [0.717, 1.165) is 17.1 Å². The van der Waals surface area contributed by atoms with Crippen LogP contribution in [-0.2, 0) is 5.41 Å². The molecule has 0 bridgehead atoms. The molecule has 4 heteroatoms. The first-order chi connectivity index (χ1) is 8.90. The third kappa shape index (κ3) is 3.07. The number of nitriles is 1. The molecule has 0 aliphatic carbocycles. The van der Waals surface area contributed by atoms with E-state index in [1.54, 1.807) is 6.07 Å². The number of aromatic nitrogens is 2. The molecular formula is C15H15N3S. The summed E-state index contributed by atoms with van der Waals surface area (Å²) in [6.07, 6.45) is 0. The molecule has 0 fully saturated rings. The molecule has 19 heavy (non-hydrogen) atoms. The van der Waals surface area contributed by atoms with Gasteiger partial charge in [0.25, 0.3) is 0 Å². The number of aromatic amines is 1. The highest BCUT2D eigenvalue weighted by atomic mass is 32.1. The fourth-order valence-electron chi connectivity index (χ4n) is 1.72. The second-order valence-corrected chi connectivity index (χ2v) is 5.84. The molecule has 0 radical (unpaired) electrons. The monoisotopic (exact) mass is 269 g/mol. The van der Waals surface area contributed by atoms with E-state index in [1.165, 1.54) is 0 Å². The average molecular weight is 269 g/mol. The SMILES string of the molecule is CC(C)(C)c1nc(=S)cc(-c2cccc(C#N)c2)[nH]1. The lowest BCUT2D eigenvalue weighted by atomic mass is 9.95. The van der Waals surface area contributed by atoms with Crippen LogP contribution in [0.25, 0.3) is 11.3 Å². The summed E-state index contributed by atoms with van der Waals surface area (Å²) < 4.78 is 0.557. The maximum Gasteiger partial charge on any atom is 0.130 e. The summed E-state index contributed by atoms with van der Waals surface area (Å²) in [6, 6.07) is 11.4. The first-order valence-corrected chi connectivity index (χ1v) is 6.43. The van der Waals surface area contributed by atoms with Crippen molar-refractivity contribution < 1.29 is 0 Å². The number of H-pyrrole nitrogens is 1. The van der Waals surface area contributed by atoms with Gasteiger partial charge in [0.15, 0.2) is 0 Å². The topological polar surface area (TPSA) is 52.5 Å². The van der Waals surface area contributed by atoms with Crippen LogP contribution in [-0.4, -0.2) is 9.97 Å². The summed E-state index contributed by atoms with van der Waals surface area (Å²) in [5, 5.41) is 8.95. The van der Waals surface area contributed by atoms with Gasteiger partial charge in [-0.15, -0.1) is 0 Å². The van der Waals surface area contributed by atoms with E-state index in [0.29, 0.717) is 10.2 Å². The lowest BCUT2D eigenvalue weighted by Gasteiger charge is -2.18. The predicted octanol–water partition coefficient (Wildman–Crippen LogP) is 3.98. The Hall–Kier alpha value is -1.99. The molecule has 0 spiro atoms. The molecule has 0 unspecified atom stereocenters. The van der Waals surface area contributed by atoms with Crippen molar-refractivity contribution in [3.05, 3.63) is 46.4 Å². The van der Waals surface area contributed by atoms with Crippen LogP contribution in [0.3, 0.4) is 0 Å². The van der Waals surface area contributed by atoms with E-state index >= 15 is 0 Å². The molecule has 0 aliphatic rings. The highest BCUT2D eigenvalue weighted by Crippen LogP contribution is 2.23. The highest BCUT2D eigenvalue weighted by molar-refractivity contribution is 7.71. The van der Waals surface area contributed by atoms with Crippen molar-refractivity contribution in [2.75, 3.05) is 0 Å². The van der Waals surface area contributed by atoms with Gasteiger partial charge in [-0.2, -0.15) is 5.26 Å². The largest absolute Gasteiger partial charge is 0.343 e. The Balaban J connectivity index is 2.60. The number of nitrogens with zero attached hydrogens (tertiary/aromatic N) is 2. The van der Waals surface area contributed by atoms with Gasteiger partial charge >= 0.3 is 0 Å². The van der Waals surface area contributed by atoms with E-state index < -0.39 is 0 Å². The fraction of sp³-hybridized carbons (Fsp3) is 0.267. The van der Waals surface area contributed by atoms with Gasteiger partial charge in [-0.05, 0) is 23.8 Å². The number of benzene rings is 1. The Bertz CT molecular complexity index is 702. The van der Waals surface area contributed by atoms with Gasteiger partial charge in [-0.25, -0.2) is 4.98 Å². The molecule has 96 valence electrons. The number of hydrogen-bond acceptors (Lipinski definition) is 3. The number of rotatable bonds is 1. The second kappa shape index (κ2) is 4.94. The van der Waals surface area contributed by atoms with Gasteiger partial charge in [0.1, 0.15) is 10.5 Å². The third-order valence-corrected chi connectivity index (χ3v) is 2.97. The summed E-state index contributed by atoms with van der Waals surface area (Å²) in [5.74, 6) is 0.845. The van der Waals surface area contributed by atoms with E-state index in [4.69, 9.17) is 17.5 Å². The lowest BCUT2D eigenvalue weighted by molar-refractivity contribution is 0.545. The van der Waals surface area contributed by atoms with Gasteiger partial charge in [0.05, 0.1) is 11.6 Å². The van der Waals surface area contributed by atoms with Crippen molar-refractivity contribution in [1.82, 2.24) is 9.97 Å². The molecule has 0 atom stereocenters. The van der Waals surface area contributed by atoms with Crippen molar-refractivity contribution in [2.45, 2.75) is 26.2 Å². The Morgan fingerprint density at radius 3 is 2.63 bits per heavy atom. The quantitative estimate of drug-likeness (QED) is 0.797. The third-order valence-electron chi connectivity index (χ3n) is 2.76. The van der Waals surface area contributed by atoms with Crippen LogP contribution < -0.4 is 0 Å². The molecule has 1 heterocycles. The van der Waals surface area contributed by atoms with E-state index in [2.05, 4.69) is 36.8 Å². The Morgan fingerprint density at radius 2 is 2.00 bits per heavy atom. The molecular weight excluding hydrogens is 254 g/mol. The normalized spacial score (nSPS) is 11.1. The van der Waals surface area contributed by atoms with Crippen LogP contribution >= 0.6 is 12.2 Å². The number of hydrogen-bond donors (Lipinski definition) is 1. The summed E-state index contributed by atoms with van der Waals surface area (Å²) >= 11 is 5.22. The minimum Gasteiger partial charge on any atom is -0.343 e. The van der Waals surface area contributed by atoms with Gasteiger partial charge in [-0.3, -0.25) is 0 Å². The lowest BCUT2D eigenvalue weighted by Crippen LogP contribution is -2.16. The Labute approximate surface area is 118 Å². The van der Waals surface area contributed by atoms with Crippen molar-refractivity contribution in [3.8, 4) is 17.3 Å². The van der Waals surface area contributed by atoms with Crippen LogP contribution in [0.1, 0.15) is 32.2 Å². The average Bonchev–Trinajstić information content (AvgIpc) is 2.37. The first-order valence-electron chi connectivity index (χ1n) is 6.02. The van der Waals surface area contributed by atoms with Crippen molar-refractivity contribution >= 4 is 12.2 Å². The zero-order valence-electron chi connectivity index (χ0n) is 11.2. The number of nitrogens with one attached hydrogen (secondary N) is 1. The minimum absolute atomic E-state index is 0.101. The molecule has 0 saturated carbocycles. The Morgan fingerprint density at radius 1 is 1.26 bits per heavy atom. The minimum atomic E-state index is -0.101. The maximum absolute atomic E-state index is 8.95. The highest BCUT2D eigenvalue weighted by Gasteiger charge is 2.17. The first kappa shape index (κ1) is 13.4. The van der Waals surface area contributed by atoms with E-state index in [-0.39, 0.29) is 5.41 Å². The summed E-state index contributed by atoms with van der Waals surface area (Å²) in [6.45, 7) is 6.24. The molecule has 0 aliphatic heterocycles. The molecule has 3 nitrogen and oxygen atoms in total. The Kier molecular flexibility index (Phi) is 3.50. The van der Waals surface area contributed by atoms with Gasteiger partial charge in [-0.1, -0.05) is 45.1 Å². The van der Waals surface area contributed by atoms with Crippen LogP contribution in [0.5, 0.6) is 0 Å². The standard InChI is InChI=1S/C15H15N3S/c1-15(2,3)14-17-12(8-13(19)18-14)11-6-4-5-10(7-11)9-16/h4-8H,1-3H3,(H,17,18,19). The van der Waals surface area contributed by atoms with Crippen molar-refractivity contribution in [2.24, 2.45) is 0 Å². The summed E-state index contributed by atoms with van der Waals surface area (Å²) in [5.41, 5.74) is 2.36. The van der Waals surface area contributed by atoms with Crippen LogP contribution in [0.2, 0.25) is 0 Å². The maximum atomic E-state index is 8.95. The van der Waals surface area contributed by atoms with Crippen molar-refractivity contribution in [3.63, 3.8) is 0 Å². The zero-order valence-corrected chi connectivity index (χ0v) is 12.0. The second-order valence-electron chi connectivity index (χ2n) is 5.42. The molecule has 0 saturated heterocycles. The van der Waals surface area contributed by atoms with Gasteiger partial charge in [0.2, 0.25) is 0 Å². The molecule has 2 rings (SSSR count). The van der Waals surface area contributed by atoms with E-state index in [9.17, 15) is 0 Å². The van der Waals surface area contributed by atoms with Crippen molar-refractivity contribution in [1.29, 1.82) is 5.26 Å². The molecule has 2 aromatic rings. The summed E-state index contributed by atoms with van der Waals surface area (Å²) in [4.78, 5) is 7.67. The van der Waals surface area contributed by atoms with Gasteiger partial charge in [0, 0.05) is 11.1 Å². The molecule has 0 amide bonds. The van der Waals surface area contributed by atoms with Crippen LogP contribution in [0.4, 0.5) is 0 Å². The zero-order chi connectivity index (χ0) is 14.0. The molecule has 1 N–H and O–H groups in total. The molecule has 1 aromatic heterocycles. The van der Waals surface area contributed by atoms with Crippen LogP contribution in [0.15, 0.2) is 30.3 Å².